The molecule has 0 amide bonds. The predicted octanol–water partition coefficient (Wildman–Crippen LogP) is 0.597. The monoisotopic (exact) mass is 256 g/mol. The smallest absolute Gasteiger partial charge is 0.329 e. The number of carbonyl (C=O) groups is 2. The Morgan fingerprint density at radius 2 is 1.44 bits per heavy atom. The van der Waals surface area contributed by atoms with Crippen molar-refractivity contribution < 1.29 is 14.3 Å². The minimum absolute atomic E-state index is 0.523. The lowest BCUT2D eigenvalue weighted by Gasteiger charge is -1.92. The molecule has 5 heteroatoms. The van der Waals surface area contributed by atoms with Crippen molar-refractivity contribution in [3.8, 4) is 0 Å². The van der Waals surface area contributed by atoms with E-state index < -0.39 is 21.6 Å². The fourth-order valence-corrected chi connectivity index (χ4v) is 1.07. The van der Waals surface area contributed by atoms with Crippen LogP contribution in [0.2, 0.25) is 0 Å². The highest BCUT2D eigenvalue weighted by atomic mass is 79.9. The van der Waals surface area contributed by atoms with Crippen molar-refractivity contribution in [1.82, 2.24) is 0 Å². The molecule has 0 aromatic carbocycles. The lowest BCUT2D eigenvalue weighted by Crippen LogP contribution is -2.15. The van der Waals surface area contributed by atoms with Gasteiger partial charge in [-0.05, 0) is 0 Å². The molecule has 0 aromatic rings. The van der Waals surface area contributed by atoms with Crippen LogP contribution in [0.15, 0.2) is 0 Å². The SMILES string of the molecule is O=C1OC(=O)C(Br)C1Br. The topological polar surface area (TPSA) is 43.4 Å². The van der Waals surface area contributed by atoms with Crippen molar-refractivity contribution in [2.75, 3.05) is 0 Å². The van der Waals surface area contributed by atoms with Gasteiger partial charge >= 0.3 is 11.9 Å². The fraction of sp³-hybridized carbons (Fsp3) is 0.500. The van der Waals surface area contributed by atoms with E-state index in [0.717, 1.165) is 0 Å². The molecular weight excluding hydrogens is 256 g/mol. The molecule has 2 unspecified atom stereocenters. The molecule has 0 bridgehead atoms. The summed E-state index contributed by atoms with van der Waals surface area (Å²) >= 11 is 5.93. The molecule has 3 nitrogen and oxygen atoms in total. The molecule has 0 N–H and O–H groups in total. The minimum Gasteiger partial charge on any atom is -0.391 e. The third-order valence-corrected chi connectivity index (χ3v) is 3.42. The first-order valence-corrected chi connectivity index (χ1v) is 3.99. The number of halogens is 2. The summed E-state index contributed by atoms with van der Waals surface area (Å²) in [7, 11) is 0. The third-order valence-electron chi connectivity index (χ3n) is 0.908. The lowest BCUT2D eigenvalue weighted by atomic mass is 10.4. The van der Waals surface area contributed by atoms with Crippen LogP contribution in [0.4, 0.5) is 0 Å². The first-order valence-electron chi connectivity index (χ1n) is 2.16. The summed E-state index contributed by atoms with van der Waals surface area (Å²) in [5.74, 6) is -1.05. The van der Waals surface area contributed by atoms with Crippen LogP contribution in [0.5, 0.6) is 0 Å². The van der Waals surface area contributed by atoms with Gasteiger partial charge in [-0.25, -0.2) is 0 Å². The Morgan fingerprint density at radius 1 is 1.11 bits per heavy atom. The Bertz CT molecular complexity index is 149. The zero-order valence-corrected chi connectivity index (χ0v) is 7.31. The van der Waals surface area contributed by atoms with Gasteiger partial charge in [-0.2, -0.15) is 0 Å². The number of rotatable bonds is 0. The number of esters is 2. The number of cyclic esters (lactones) is 2. The van der Waals surface area contributed by atoms with Gasteiger partial charge in [0.1, 0.15) is 9.65 Å². The number of carbonyl (C=O) groups excluding carboxylic acids is 2. The van der Waals surface area contributed by atoms with Crippen molar-refractivity contribution in [3.63, 3.8) is 0 Å². The van der Waals surface area contributed by atoms with Gasteiger partial charge in [-0.15, -0.1) is 0 Å². The van der Waals surface area contributed by atoms with Crippen molar-refractivity contribution in [2.45, 2.75) is 9.65 Å². The van der Waals surface area contributed by atoms with Crippen LogP contribution in [0, 0.1) is 0 Å². The number of hydrogen-bond acceptors (Lipinski definition) is 3. The molecule has 1 rings (SSSR count). The highest BCUT2D eigenvalue weighted by Crippen LogP contribution is 2.23. The molecule has 0 radical (unpaired) electrons. The number of hydrogen-bond donors (Lipinski definition) is 0. The summed E-state index contributed by atoms with van der Waals surface area (Å²) in [4.78, 5) is 19.9. The van der Waals surface area contributed by atoms with Crippen LogP contribution < -0.4 is 0 Å². The summed E-state index contributed by atoms with van der Waals surface area (Å²) in [6.45, 7) is 0. The van der Waals surface area contributed by atoms with Crippen LogP contribution in [0.1, 0.15) is 0 Å². The molecule has 1 aliphatic rings. The number of alkyl halides is 2. The van der Waals surface area contributed by atoms with E-state index in [-0.39, 0.29) is 0 Å². The Labute approximate surface area is 68.0 Å². The molecule has 0 spiro atoms. The van der Waals surface area contributed by atoms with E-state index >= 15 is 0 Å². The van der Waals surface area contributed by atoms with E-state index in [1.54, 1.807) is 0 Å². The molecule has 1 heterocycles. The van der Waals surface area contributed by atoms with E-state index in [0.29, 0.717) is 0 Å². The standard InChI is InChI=1S/C4H2Br2O3/c5-1-2(6)4(8)9-3(1)7/h1-2H. The van der Waals surface area contributed by atoms with Crippen molar-refractivity contribution in [2.24, 2.45) is 0 Å². The average molecular weight is 258 g/mol. The second-order valence-electron chi connectivity index (χ2n) is 1.54. The van der Waals surface area contributed by atoms with Gasteiger partial charge in [-0.1, -0.05) is 31.9 Å². The molecule has 1 fully saturated rings. The van der Waals surface area contributed by atoms with Gasteiger partial charge in [0.25, 0.3) is 0 Å². The quantitative estimate of drug-likeness (QED) is 0.363. The number of ether oxygens (including phenoxy) is 1. The van der Waals surface area contributed by atoms with Crippen molar-refractivity contribution in [3.05, 3.63) is 0 Å². The highest BCUT2D eigenvalue weighted by Gasteiger charge is 2.40. The third kappa shape index (κ3) is 1.16. The molecular formula is C4H2Br2O3. The molecule has 0 aromatic heterocycles. The van der Waals surface area contributed by atoms with Gasteiger partial charge in [0.15, 0.2) is 0 Å². The second-order valence-corrected chi connectivity index (χ2v) is 3.52. The molecule has 1 aliphatic heterocycles. The summed E-state index contributed by atoms with van der Waals surface area (Å²) in [5.41, 5.74) is 0. The van der Waals surface area contributed by atoms with Crippen LogP contribution in [0.3, 0.4) is 0 Å². The molecule has 9 heavy (non-hydrogen) atoms. The minimum atomic E-state index is -0.526. The first kappa shape index (κ1) is 7.21. The maximum Gasteiger partial charge on any atom is 0.329 e. The Morgan fingerprint density at radius 3 is 1.56 bits per heavy atom. The predicted molar refractivity (Wildman–Crippen MR) is 36.5 cm³/mol. The van der Waals surface area contributed by atoms with Crippen molar-refractivity contribution in [1.29, 1.82) is 0 Å². The van der Waals surface area contributed by atoms with Crippen LogP contribution in [0.25, 0.3) is 0 Å². The Kier molecular flexibility index (Phi) is 1.91. The average Bonchev–Trinajstić information content (AvgIpc) is 1.98. The maximum absolute atomic E-state index is 10.5. The molecule has 2 atom stereocenters. The van der Waals surface area contributed by atoms with Crippen LogP contribution in [-0.2, 0) is 14.3 Å². The first-order chi connectivity index (χ1) is 4.13. The molecule has 0 aliphatic carbocycles. The summed E-state index contributed by atoms with van der Waals surface area (Å²) in [6, 6.07) is 0. The van der Waals surface area contributed by atoms with E-state index in [4.69, 9.17) is 0 Å². The zero-order valence-electron chi connectivity index (χ0n) is 4.14. The summed E-state index contributed by atoms with van der Waals surface area (Å²) in [6.07, 6.45) is 0. The Balaban J connectivity index is 2.77. The van der Waals surface area contributed by atoms with E-state index in [2.05, 4.69) is 36.6 Å². The van der Waals surface area contributed by atoms with Gasteiger partial charge in [0, 0.05) is 0 Å². The van der Waals surface area contributed by atoms with Gasteiger partial charge in [0.2, 0.25) is 0 Å². The van der Waals surface area contributed by atoms with Gasteiger partial charge in [0.05, 0.1) is 0 Å². The van der Waals surface area contributed by atoms with Gasteiger partial charge < -0.3 is 4.74 Å². The molecule has 1 saturated heterocycles. The van der Waals surface area contributed by atoms with Gasteiger partial charge in [-0.3, -0.25) is 9.59 Å². The van der Waals surface area contributed by atoms with E-state index in [1.807, 2.05) is 0 Å². The maximum atomic E-state index is 10.5. The van der Waals surface area contributed by atoms with E-state index in [1.165, 1.54) is 0 Å². The second kappa shape index (κ2) is 2.38. The normalized spacial score (nSPS) is 34.9. The lowest BCUT2D eigenvalue weighted by molar-refractivity contribution is -0.151. The zero-order chi connectivity index (χ0) is 7.02. The van der Waals surface area contributed by atoms with Crippen LogP contribution in [-0.4, -0.2) is 21.6 Å². The fourth-order valence-electron chi connectivity index (χ4n) is 0.451. The highest BCUT2D eigenvalue weighted by molar-refractivity contribution is 9.12. The van der Waals surface area contributed by atoms with Crippen molar-refractivity contribution >= 4 is 43.8 Å². The largest absolute Gasteiger partial charge is 0.391 e. The Hall–Kier alpha value is 0.1000. The molecule has 50 valence electrons. The molecule has 0 saturated carbocycles. The van der Waals surface area contributed by atoms with E-state index in [9.17, 15) is 9.59 Å². The summed E-state index contributed by atoms with van der Waals surface area (Å²) in [5, 5.41) is 0. The van der Waals surface area contributed by atoms with Crippen LogP contribution >= 0.6 is 31.9 Å². The summed E-state index contributed by atoms with van der Waals surface area (Å²) < 4.78 is 4.21.